The van der Waals surface area contributed by atoms with Crippen LogP contribution in [0.25, 0.3) is 5.69 Å². The van der Waals surface area contributed by atoms with Crippen LogP contribution in [-0.2, 0) is 10.9 Å². The minimum absolute atomic E-state index is 0.0311. The monoisotopic (exact) mass is 548 g/mol. The molecule has 1 aliphatic carbocycles. The number of benzene rings is 2. The molecule has 1 saturated carbocycles. The molecule has 2 aromatic carbocycles. The van der Waals surface area contributed by atoms with Gasteiger partial charge in [-0.2, -0.15) is 18.3 Å². The lowest BCUT2D eigenvalue weighted by Gasteiger charge is -2.18. The van der Waals surface area contributed by atoms with Crippen LogP contribution >= 0.6 is 11.6 Å². The van der Waals surface area contributed by atoms with Crippen LogP contribution in [0.5, 0.6) is 0 Å². The molecule has 2 amide bonds. The van der Waals surface area contributed by atoms with Crippen LogP contribution in [0, 0.1) is 12.8 Å². The number of ether oxygens (including phenoxy) is 1. The Morgan fingerprint density at radius 2 is 1.82 bits per heavy atom. The van der Waals surface area contributed by atoms with Gasteiger partial charge in [-0.25, -0.2) is 9.48 Å². The van der Waals surface area contributed by atoms with Gasteiger partial charge < -0.3 is 15.4 Å². The van der Waals surface area contributed by atoms with Gasteiger partial charge in [-0.15, -0.1) is 0 Å². The number of amides is 2. The molecule has 0 aliphatic heterocycles. The molecule has 4 rings (SSSR count). The summed E-state index contributed by atoms with van der Waals surface area (Å²) in [6.07, 6.45) is -2.89. The van der Waals surface area contributed by atoms with E-state index in [1.807, 2.05) is 6.92 Å². The van der Waals surface area contributed by atoms with Crippen LogP contribution in [0.3, 0.4) is 0 Å². The quantitative estimate of drug-likeness (QED) is 0.384. The zero-order valence-electron chi connectivity index (χ0n) is 20.6. The minimum atomic E-state index is -4.83. The van der Waals surface area contributed by atoms with E-state index in [9.17, 15) is 27.6 Å². The van der Waals surface area contributed by atoms with Gasteiger partial charge in [-0.05, 0) is 62.4 Å². The van der Waals surface area contributed by atoms with Gasteiger partial charge in [-0.3, -0.25) is 9.59 Å². The maximum Gasteiger partial charge on any atom is 0.435 e. The number of alkyl halides is 3. The smallest absolute Gasteiger partial charge is 0.435 e. The molecule has 1 heterocycles. The topological polar surface area (TPSA) is 102 Å². The molecule has 1 unspecified atom stereocenters. The van der Waals surface area contributed by atoms with Gasteiger partial charge in [0.1, 0.15) is 5.69 Å². The lowest BCUT2D eigenvalue weighted by atomic mass is 10.0. The van der Waals surface area contributed by atoms with Crippen molar-refractivity contribution in [3.63, 3.8) is 0 Å². The van der Waals surface area contributed by atoms with Crippen LogP contribution in [0.15, 0.2) is 42.5 Å². The van der Waals surface area contributed by atoms with E-state index >= 15 is 0 Å². The van der Waals surface area contributed by atoms with E-state index < -0.39 is 35.3 Å². The van der Waals surface area contributed by atoms with Gasteiger partial charge in [0, 0.05) is 12.1 Å². The van der Waals surface area contributed by atoms with Crippen molar-refractivity contribution < 1.29 is 32.3 Å². The molecule has 12 heteroatoms. The van der Waals surface area contributed by atoms with Gasteiger partial charge in [0.05, 0.1) is 34.6 Å². The number of carbonyl (C=O) groups excluding carboxylic acids is 3. The second-order valence-electron chi connectivity index (χ2n) is 9.04. The Morgan fingerprint density at radius 3 is 2.42 bits per heavy atom. The van der Waals surface area contributed by atoms with Gasteiger partial charge in [0.2, 0.25) is 0 Å². The highest BCUT2D eigenvalue weighted by atomic mass is 35.5. The normalized spacial score (nSPS) is 14.1. The molecular weight excluding hydrogens is 525 g/mol. The second kappa shape index (κ2) is 10.5. The van der Waals surface area contributed by atoms with Gasteiger partial charge in [0.25, 0.3) is 11.8 Å². The molecule has 8 nitrogen and oxygen atoms in total. The van der Waals surface area contributed by atoms with Crippen LogP contribution in [-0.4, -0.2) is 40.7 Å². The SMILES string of the molecule is COC(=O)c1cc(C)c(NC(=O)c2cc(C(F)(F)F)nn2-c2ccccc2Cl)c(C(=O)NC(C)C2CC2)c1. The van der Waals surface area contributed by atoms with Crippen molar-refractivity contribution in [2.75, 3.05) is 12.4 Å². The highest BCUT2D eigenvalue weighted by molar-refractivity contribution is 6.32. The van der Waals surface area contributed by atoms with Gasteiger partial charge >= 0.3 is 12.1 Å². The van der Waals surface area contributed by atoms with Crippen molar-refractivity contribution in [3.05, 3.63) is 75.6 Å². The molecule has 200 valence electrons. The fraction of sp³-hybridized carbons (Fsp3) is 0.308. The fourth-order valence-corrected chi connectivity index (χ4v) is 4.25. The molecule has 38 heavy (non-hydrogen) atoms. The number of rotatable bonds is 7. The number of hydrogen-bond acceptors (Lipinski definition) is 5. The molecule has 0 saturated heterocycles. The fourth-order valence-electron chi connectivity index (χ4n) is 4.03. The van der Waals surface area contributed by atoms with Crippen LogP contribution < -0.4 is 10.6 Å². The number of anilines is 1. The minimum Gasteiger partial charge on any atom is -0.465 e. The first kappa shape index (κ1) is 27.2. The summed E-state index contributed by atoms with van der Waals surface area (Å²) < 4.78 is 46.2. The second-order valence-corrected chi connectivity index (χ2v) is 9.44. The van der Waals surface area contributed by atoms with Crippen molar-refractivity contribution in [1.29, 1.82) is 0 Å². The number of esters is 1. The van der Waals surface area contributed by atoms with Gasteiger partial charge in [-0.1, -0.05) is 23.7 Å². The zero-order valence-corrected chi connectivity index (χ0v) is 21.4. The van der Waals surface area contributed by atoms with Crippen molar-refractivity contribution in [3.8, 4) is 5.69 Å². The Morgan fingerprint density at radius 1 is 1.13 bits per heavy atom. The third-order valence-electron chi connectivity index (χ3n) is 6.24. The van der Waals surface area contributed by atoms with Crippen LogP contribution in [0.4, 0.5) is 18.9 Å². The molecule has 0 radical (unpaired) electrons. The van der Waals surface area contributed by atoms with Crippen molar-refractivity contribution in [1.82, 2.24) is 15.1 Å². The highest BCUT2D eigenvalue weighted by Gasteiger charge is 2.37. The summed E-state index contributed by atoms with van der Waals surface area (Å²) in [4.78, 5) is 38.8. The van der Waals surface area contributed by atoms with Crippen molar-refractivity contribution in [2.24, 2.45) is 5.92 Å². The number of carbonyl (C=O) groups is 3. The number of methoxy groups -OCH3 is 1. The number of halogens is 4. The zero-order chi connectivity index (χ0) is 27.8. The van der Waals surface area contributed by atoms with E-state index in [4.69, 9.17) is 16.3 Å². The van der Waals surface area contributed by atoms with E-state index in [2.05, 4.69) is 15.7 Å². The van der Waals surface area contributed by atoms with Crippen molar-refractivity contribution in [2.45, 2.75) is 38.9 Å². The van der Waals surface area contributed by atoms with E-state index in [0.29, 0.717) is 17.5 Å². The van der Waals surface area contributed by atoms with Crippen LogP contribution in [0.2, 0.25) is 5.02 Å². The molecule has 1 aromatic heterocycles. The van der Waals surface area contributed by atoms with Crippen LogP contribution in [0.1, 0.15) is 62.2 Å². The number of nitrogens with one attached hydrogen (secondary N) is 2. The maximum atomic E-state index is 13.5. The number of hydrogen-bond donors (Lipinski definition) is 2. The molecule has 0 spiro atoms. The average molecular weight is 549 g/mol. The summed E-state index contributed by atoms with van der Waals surface area (Å²) in [5, 5.41) is 9.07. The predicted octanol–water partition coefficient (Wildman–Crippen LogP) is 5.42. The first-order chi connectivity index (χ1) is 17.9. The Kier molecular flexibility index (Phi) is 7.50. The molecule has 2 N–H and O–H groups in total. The average Bonchev–Trinajstić information content (AvgIpc) is 3.62. The number of para-hydroxylation sites is 1. The third-order valence-corrected chi connectivity index (χ3v) is 6.56. The van der Waals surface area contributed by atoms with E-state index in [0.717, 1.165) is 17.5 Å². The molecule has 1 fully saturated rings. The summed E-state index contributed by atoms with van der Waals surface area (Å²) in [6.45, 7) is 3.40. The lowest BCUT2D eigenvalue weighted by Crippen LogP contribution is -2.35. The Hall–Kier alpha value is -3.86. The molecule has 3 aromatic rings. The molecule has 1 atom stereocenters. The Bertz CT molecular complexity index is 1420. The molecule has 1 aliphatic rings. The molecular formula is C26H24ClF3N4O4. The third kappa shape index (κ3) is 5.67. The maximum absolute atomic E-state index is 13.5. The van der Waals surface area contributed by atoms with E-state index in [1.165, 1.54) is 37.4 Å². The highest BCUT2D eigenvalue weighted by Crippen LogP contribution is 2.34. The Balaban J connectivity index is 1.77. The standard InChI is InChI=1S/C26H24ClF3N4O4/c1-13-10-16(25(37)38-3)11-17(23(35)31-14(2)15-8-9-15)22(13)32-24(36)20-12-21(26(28,29)30)33-34(20)19-7-5-4-6-18(19)27/h4-7,10-12,14-15H,8-9H2,1-3H3,(H,31,35)(H,32,36). The van der Waals surface area contributed by atoms with Crippen molar-refractivity contribution >= 4 is 35.1 Å². The Labute approximate surface area is 221 Å². The first-order valence-corrected chi connectivity index (χ1v) is 12.1. The lowest BCUT2D eigenvalue weighted by molar-refractivity contribution is -0.141. The van der Waals surface area contributed by atoms with E-state index in [1.54, 1.807) is 13.0 Å². The summed E-state index contributed by atoms with van der Waals surface area (Å²) in [5.41, 5.74) is -1.30. The number of nitrogens with zero attached hydrogens (tertiary/aromatic N) is 2. The summed E-state index contributed by atoms with van der Waals surface area (Å²) >= 11 is 6.18. The summed E-state index contributed by atoms with van der Waals surface area (Å²) in [5.74, 6) is -1.88. The number of aromatic nitrogens is 2. The molecule has 0 bridgehead atoms. The predicted molar refractivity (Wildman–Crippen MR) is 134 cm³/mol. The number of aryl methyl sites for hydroxylation is 1. The first-order valence-electron chi connectivity index (χ1n) is 11.7. The summed E-state index contributed by atoms with van der Waals surface area (Å²) in [7, 11) is 1.19. The summed E-state index contributed by atoms with van der Waals surface area (Å²) in [6, 6.07) is 9.13. The largest absolute Gasteiger partial charge is 0.465 e. The van der Waals surface area contributed by atoms with Gasteiger partial charge in [0.15, 0.2) is 5.69 Å². The van der Waals surface area contributed by atoms with E-state index in [-0.39, 0.29) is 33.6 Å².